The number of carbonyl (C=O) groups excluding carboxylic acids is 1. The van der Waals surface area contributed by atoms with Crippen LogP contribution in [0, 0.1) is 22.7 Å². The molecular weight excluding hydrogens is 551 g/mol. The van der Waals surface area contributed by atoms with Gasteiger partial charge in [0.05, 0.1) is 29.5 Å². The molecule has 1 amide bonds. The molecule has 1 heterocycles. The van der Waals surface area contributed by atoms with E-state index < -0.39 is 47.4 Å². The number of carbonyl (C=O) groups is 1. The second-order valence-electron chi connectivity index (χ2n) is 8.48. The summed E-state index contributed by atoms with van der Waals surface area (Å²) in [6.07, 6.45) is -3.20. The molecule has 0 spiro atoms. The van der Waals surface area contributed by atoms with Crippen molar-refractivity contribution in [2.45, 2.75) is 44.0 Å². The van der Waals surface area contributed by atoms with Gasteiger partial charge in [0.2, 0.25) is 0 Å². The van der Waals surface area contributed by atoms with E-state index in [2.05, 4.69) is 20.9 Å². The average molecular weight is 571 g/mol. The van der Waals surface area contributed by atoms with Crippen LogP contribution in [0.4, 0.5) is 30.7 Å². The van der Waals surface area contributed by atoms with Gasteiger partial charge in [0, 0.05) is 25.4 Å². The molecule has 1 fully saturated rings. The predicted molar refractivity (Wildman–Crippen MR) is 125 cm³/mol. The predicted octanol–water partition coefficient (Wildman–Crippen LogP) is 4.42. The number of alkyl halides is 7. The molecule has 3 rings (SSSR count). The minimum Gasteiger partial charge on any atom is -0.429 e. The zero-order chi connectivity index (χ0) is 30.0. The number of aliphatic imine (C=N–C) groups is 1. The molecule has 0 unspecified atom stereocenters. The van der Waals surface area contributed by atoms with Crippen LogP contribution < -0.4 is 5.73 Å². The van der Waals surface area contributed by atoms with Gasteiger partial charge in [0.1, 0.15) is 11.2 Å². The number of rotatable bonds is 8. The molecule has 0 saturated heterocycles. The number of benzene rings is 1. The first-order chi connectivity index (χ1) is 18.7. The summed E-state index contributed by atoms with van der Waals surface area (Å²) in [5.74, 6) is -9.10. The number of nitrogens with zero attached hydrogens (tertiary/aromatic N) is 6. The Morgan fingerprint density at radius 1 is 1.25 bits per heavy atom. The van der Waals surface area contributed by atoms with Crippen molar-refractivity contribution < 1.29 is 40.3 Å². The van der Waals surface area contributed by atoms with Crippen molar-refractivity contribution >= 4 is 11.7 Å². The largest absolute Gasteiger partial charge is 0.459 e. The summed E-state index contributed by atoms with van der Waals surface area (Å²) in [6.45, 7) is -2.00. The van der Waals surface area contributed by atoms with Crippen LogP contribution in [-0.4, -0.2) is 64.3 Å². The van der Waals surface area contributed by atoms with Crippen LogP contribution >= 0.6 is 0 Å². The molecule has 1 aliphatic carbocycles. The summed E-state index contributed by atoms with van der Waals surface area (Å²) in [7, 11) is 0.894. The van der Waals surface area contributed by atoms with Crippen molar-refractivity contribution in [1.29, 1.82) is 10.5 Å². The maximum Gasteiger partial charge on any atom is 0.459 e. The molecular formula is C24H20F7N7O2. The molecule has 0 radical (unpaired) electrons. The van der Waals surface area contributed by atoms with Crippen molar-refractivity contribution in [3.63, 3.8) is 0 Å². The summed E-state index contributed by atoms with van der Waals surface area (Å²) >= 11 is 0. The van der Waals surface area contributed by atoms with Gasteiger partial charge < -0.3 is 15.4 Å². The summed E-state index contributed by atoms with van der Waals surface area (Å²) in [6, 6.07) is 8.00. The third-order valence-electron chi connectivity index (χ3n) is 6.07. The van der Waals surface area contributed by atoms with E-state index in [4.69, 9.17) is 5.73 Å². The van der Waals surface area contributed by atoms with E-state index in [1.165, 1.54) is 23.1 Å². The highest BCUT2D eigenvalue weighted by Gasteiger charge is 2.61. The summed E-state index contributed by atoms with van der Waals surface area (Å²) in [5.41, 5.74) is 1.91. The van der Waals surface area contributed by atoms with E-state index in [0.717, 1.165) is 19.4 Å². The number of allylic oxidation sites excluding steroid dienone is 2. The fourth-order valence-electron chi connectivity index (χ4n) is 3.86. The Labute approximate surface area is 222 Å². The van der Waals surface area contributed by atoms with Crippen molar-refractivity contribution in [1.82, 2.24) is 14.7 Å². The number of halogens is 7. The van der Waals surface area contributed by atoms with Crippen LogP contribution in [0.2, 0.25) is 0 Å². The Morgan fingerprint density at radius 2 is 1.90 bits per heavy atom. The summed E-state index contributed by atoms with van der Waals surface area (Å²) in [5, 5.41) is 22.8. The van der Waals surface area contributed by atoms with E-state index in [1.807, 2.05) is 6.07 Å². The van der Waals surface area contributed by atoms with E-state index >= 15 is 0 Å². The Kier molecular flexibility index (Phi) is 8.14. The van der Waals surface area contributed by atoms with Crippen LogP contribution in [0.1, 0.15) is 35.7 Å². The minimum absolute atomic E-state index is 0.0122. The zero-order valence-electron chi connectivity index (χ0n) is 20.8. The second kappa shape index (κ2) is 10.9. The van der Waals surface area contributed by atoms with E-state index in [0.29, 0.717) is 17.5 Å². The van der Waals surface area contributed by atoms with Crippen LogP contribution in [-0.2, 0) is 4.74 Å². The standard InChI is InChI=1S/C24H20F7N7O2/c1-3-37(22(12-33)6-7-22)20(39)16-8-13(4-5-14(16)9-32)15-10-36-38(11-15)19(35-2)17(40-21(25)26)18(34)23(27,28)24(29,30)31/h4-5,8,10-11,21H,3,6-7,34H2,1-2H3. The first-order valence-corrected chi connectivity index (χ1v) is 11.4. The Bertz CT molecular complexity index is 1440. The number of nitriles is 2. The Balaban J connectivity index is 2.08. The van der Waals surface area contributed by atoms with Gasteiger partial charge >= 0.3 is 18.7 Å². The monoisotopic (exact) mass is 571 g/mol. The Morgan fingerprint density at radius 3 is 2.38 bits per heavy atom. The van der Waals surface area contributed by atoms with Crippen LogP contribution in [0.15, 0.2) is 47.0 Å². The fourth-order valence-corrected chi connectivity index (χ4v) is 3.86. The van der Waals surface area contributed by atoms with E-state index in [-0.39, 0.29) is 28.8 Å². The van der Waals surface area contributed by atoms with Crippen molar-refractivity contribution in [2.24, 2.45) is 10.7 Å². The average Bonchev–Trinajstić information content (AvgIpc) is 3.54. The lowest BCUT2D eigenvalue weighted by atomic mass is 10.00. The number of hydrogen-bond acceptors (Lipinski definition) is 7. The Hall–Kier alpha value is -4.60. The summed E-state index contributed by atoms with van der Waals surface area (Å²) < 4.78 is 97.0. The highest BCUT2D eigenvalue weighted by atomic mass is 19.4. The molecule has 1 aromatic carbocycles. The lowest BCUT2D eigenvalue weighted by molar-refractivity contribution is -0.266. The molecule has 2 aromatic rings. The third kappa shape index (κ3) is 5.42. The van der Waals surface area contributed by atoms with Gasteiger partial charge in [-0.25, -0.2) is 4.68 Å². The van der Waals surface area contributed by atoms with Gasteiger partial charge in [-0.2, -0.15) is 46.4 Å². The summed E-state index contributed by atoms with van der Waals surface area (Å²) in [4.78, 5) is 18.1. The highest BCUT2D eigenvalue weighted by Crippen LogP contribution is 2.42. The van der Waals surface area contributed by atoms with Gasteiger partial charge in [-0.15, -0.1) is 0 Å². The highest BCUT2D eigenvalue weighted by molar-refractivity contribution is 6.00. The van der Waals surface area contributed by atoms with Gasteiger partial charge in [0.15, 0.2) is 11.6 Å². The van der Waals surface area contributed by atoms with Crippen molar-refractivity contribution in [3.05, 3.63) is 53.2 Å². The lowest BCUT2D eigenvalue weighted by Gasteiger charge is -2.26. The van der Waals surface area contributed by atoms with Gasteiger partial charge in [-0.05, 0) is 37.5 Å². The topological polar surface area (TPSA) is 133 Å². The van der Waals surface area contributed by atoms with Crippen molar-refractivity contribution in [2.75, 3.05) is 13.6 Å². The minimum atomic E-state index is -6.23. The lowest BCUT2D eigenvalue weighted by Crippen LogP contribution is -2.43. The van der Waals surface area contributed by atoms with Crippen LogP contribution in [0.3, 0.4) is 0 Å². The molecule has 1 saturated carbocycles. The third-order valence-corrected chi connectivity index (χ3v) is 6.07. The van der Waals surface area contributed by atoms with Gasteiger partial charge in [-0.3, -0.25) is 9.79 Å². The maximum absolute atomic E-state index is 13.9. The molecule has 1 aromatic heterocycles. The molecule has 0 atom stereocenters. The number of nitrogens with two attached hydrogens (primary N) is 1. The molecule has 0 aliphatic heterocycles. The maximum atomic E-state index is 13.9. The first-order valence-electron chi connectivity index (χ1n) is 11.4. The van der Waals surface area contributed by atoms with Crippen LogP contribution in [0.25, 0.3) is 11.1 Å². The quantitative estimate of drug-likeness (QED) is 0.216. The normalized spacial score (nSPS) is 15.7. The smallest absolute Gasteiger partial charge is 0.429 e. The second-order valence-corrected chi connectivity index (χ2v) is 8.48. The number of hydrogen-bond donors (Lipinski definition) is 1. The zero-order valence-corrected chi connectivity index (χ0v) is 20.8. The fraction of sp³-hybridized carbons (Fsp3) is 0.375. The molecule has 9 nitrogen and oxygen atoms in total. The molecule has 16 heteroatoms. The first kappa shape index (κ1) is 29.9. The van der Waals surface area contributed by atoms with E-state index in [9.17, 15) is 46.1 Å². The van der Waals surface area contributed by atoms with Gasteiger partial charge in [0.25, 0.3) is 5.91 Å². The van der Waals surface area contributed by atoms with E-state index in [1.54, 1.807) is 6.92 Å². The molecule has 40 heavy (non-hydrogen) atoms. The molecule has 2 N–H and O–H groups in total. The SMILES string of the molecule is CCN(C(=O)c1cc(-c2cnn(C(=NC)C(OC(F)F)=C(N)C(F)(F)C(F)(F)F)c2)ccc1C#N)C1(C#N)CC1. The van der Waals surface area contributed by atoms with Gasteiger partial charge in [-0.1, -0.05) is 6.07 Å². The number of aromatic nitrogens is 2. The molecule has 212 valence electrons. The number of ether oxygens (including phenoxy) is 1. The van der Waals surface area contributed by atoms with Crippen LogP contribution in [0.5, 0.6) is 0 Å². The molecule has 0 bridgehead atoms. The molecule has 1 aliphatic rings. The number of amides is 1. The van der Waals surface area contributed by atoms with Crippen molar-refractivity contribution in [3.8, 4) is 23.3 Å².